The van der Waals surface area contributed by atoms with Gasteiger partial charge in [0.15, 0.2) is 16.3 Å². The molecule has 8 nitrogen and oxygen atoms in total. The Labute approximate surface area is 262 Å². The first-order valence-corrected chi connectivity index (χ1v) is 15.5. The van der Waals surface area contributed by atoms with Crippen LogP contribution in [-0.4, -0.2) is 30.3 Å². The normalized spacial score (nSPS) is 14.8. The number of aromatic nitrogens is 1. The first kappa shape index (κ1) is 30.3. The van der Waals surface area contributed by atoms with E-state index in [0.29, 0.717) is 54.6 Å². The van der Waals surface area contributed by atoms with Gasteiger partial charge in [-0.05, 0) is 97.2 Å². The summed E-state index contributed by atoms with van der Waals surface area (Å²) in [6.07, 6.45) is 1.76. The van der Waals surface area contributed by atoms with Gasteiger partial charge < -0.3 is 19.5 Å². The van der Waals surface area contributed by atoms with Gasteiger partial charge in [0.05, 0.1) is 46.1 Å². The molecule has 0 radical (unpaired) electrons. The Morgan fingerprint density at radius 1 is 1.14 bits per heavy atom. The van der Waals surface area contributed by atoms with Crippen LogP contribution >= 0.6 is 27.3 Å². The maximum Gasteiger partial charge on any atom is 0.271 e. The summed E-state index contributed by atoms with van der Waals surface area (Å²) >= 11 is 4.86. The molecular weight excluding hydrogens is 630 g/mol. The molecular formula is C33H32BrN3O5S. The number of benzene rings is 3. The van der Waals surface area contributed by atoms with Crippen molar-refractivity contribution in [2.24, 2.45) is 4.99 Å². The van der Waals surface area contributed by atoms with E-state index >= 15 is 0 Å². The minimum Gasteiger partial charge on any atom is -0.494 e. The fraction of sp³-hybridized carbons (Fsp3) is 0.242. The van der Waals surface area contributed by atoms with Gasteiger partial charge in [0.25, 0.3) is 11.5 Å². The Balaban J connectivity index is 1.64. The van der Waals surface area contributed by atoms with Crippen LogP contribution in [0.25, 0.3) is 6.08 Å². The van der Waals surface area contributed by atoms with Crippen LogP contribution in [0.1, 0.15) is 44.9 Å². The second-order valence-electron chi connectivity index (χ2n) is 10.1. The molecule has 5 rings (SSSR count). The van der Waals surface area contributed by atoms with Gasteiger partial charge in [-0.2, -0.15) is 0 Å². The summed E-state index contributed by atoms with van der Waals surface area (Å²) in [4.78, 5) is 33.1. The summed E-state index contributed by atoms with van der Waals surface area (Å²) in [5.41, 5.74) is 2.85. The molecule has 0 fully saturated rings. The number of nitrogens with one attached hydrogen (secondary N) is 1. The van der Waals surface area contributed by atoms with Crippen molar-refractivity contribution in [3.8, 4) is 17.2 Å². The number of nitrogens with zero attached hydrogens (tertiary/aromatic N) is 2. The van der Waals surface area contributed by atoms with Crippen LogP contribution in [0.3, 0.4) is 0 Å². The van der Waals surface area contributed by atoms with Gasteiger partial charge in [-0.15, -0.1) is 0 Å². The molecule has 1 atom stereocenters. The lowest BCUT2D eigenvalue weighted by Gasteiger charge is -2.25. The number of hydrogen-bond acceptors (Lipinski definition) is 7. The summed E-state index contributed by atoms with van der Waals surface area (Å²) in [6, 6.07) is 19.7. The summed E-state index contributed by atoms with van der Waals surface area (Å²) in [6.45, 7) is 8.14. The predicted molar refractivity (Wildman–Crippen MR) is 173 cm³/mol. The largest absolute Gasteiger partial charge is 0.494 e. The molecule has 0 saturated carbocycles. The lowest BCUT2D eigenvalue weighted by Crippen LogP contribution is -2.40. The third-order valence-corrected chi connectivity index (χ3v) is 8.28. The lowest BCUT2D eigenvalue weighted by molar-refractivity contribution is -0.113. The van der Waals surface area contributed by atoms with Crippen molar-refractivity contribution in [2.75, 3.05) is 19.0 Å². The number of anilines is 1. The highest BCUT2D eigenvalue weighted by molar-refractivity contribution is 9.10. The number of ether oxygens (including phenoxy) is 3. The first-order chi connectivity index (χ1) is 20.7. The second-order valence-corrected chi connectivity index (χ2v) is 12.0. The highest BCUT2D eigenvalue weighted by Crippen LogP contribution is 2.37. The van der Waals surface area contributed by atoms with Gasteiger partial charge in [-0.25, -0.2) is 4.99 Å². The predicted octanol–water partition coefficient (Wildman–Crippen LogP) is 5.83. The standard InChI is InChI=1S/C33H32BrN3O5S/c1-6-41-24-14-12-22(13-15-24)29-28(31(38)36-23-10-8-7-9-11-23)20(4)35-33-37(29)32(39)27(43-33)18-21-16-25(34)30(42-19(2)3)26(17-21)40-5/h7-19,29H,6H2,1-5H3,(H,36,38)/b27-18-/t29-/m1/s1. The number of thiazole rings is 1. The van der Waals surface area contributed by atoms with Crippen molar-refractivity contribution in [2.45, 2.75) is 39.8 Å². The van der Waals surface area contributed by atoms with E-state index in [-0.39, 0.29) is 17.6 Å². The lowest BCUT2D eigenvalue weighted by atomic mass is 9.95. The Hall–Kier alpha value is -4.15. The molecule has 0 unspecified atom stereocenters. The molecule has 222 valence electrons. The molecule has 0 saturated heterocycles. The summed E-state index contributed by atoms with van der Waals surface area (Å²) in [5, 5.41) is 2.98. The minimum absolute atomic E-state index is 0.0427. The molecule has 0 aliphatic carbocycles. The fourth-order valence-electron chi connectivity index (χ4n) is 4.88. The highest BCUT2D eigenvalue weighted by atomic mass is 79.9. The van der Waals surface area contributed by atoms with Crippen molar-refractivity contribution in [1.29, 1.82) is 0 Å². The molecule has 1 aromatic heterocycles. The molecule has 2 heterocycles. The molecule has 0 spiro atoms. The molecule has 0 bridgehead atoms. The molecule has 1 aliphatic rings. The Morgan fingerprint density at radius 2 is 1.86 bits per heavy atom. The van der Waals surface area contributed by atoms with Crippen molar-refractivity contribution in [1.82, 2.24) is 4.57 Å². The topological polar surface area (TPSA) is 91.2 Å². The molecule has 4 aromatic rings. The first-order valence-electron chi connectivity index (χ1n) is 13.9. The third kappa shape index (κ3) is 6.45. The average molecular weight is 663 g/mol. The van der Waals surface area contributed by atoms with Crippen LogP contribution in [0, 0.1) is 0 Å². The van der Waals surface area contributed by atoms with Gasteiger partial charge >= 0.3 is 0 Å². The number of fused-ring (bicyclic) bond motifs is 1. The van der Waals surface area contributed by atoms with Gasteiger partial charge in [-0.3, -0.25) is 14.2 Å². The second kappa shape index (κ2) is 13.0. The molecule has 3 aromatic carbocycles. The highest BCUT2D eigenvalue weighted by Gasteiger charge is 2.32. The van der Waals surface area contributed by atoms with E-state index in [1.165, 1.54) is 11.3 Å². The fourth-order valence-corrected chi connectivity index (χ4v) is 6.48. The Morgan fingerprint density at radius 3 is 2.51 bits per heavy atom. The quantitative estimate of drug-likeness (QED) is 0.244. The number of methoxy groups -OCH3 is 1. The number of halogens is 1. The number of para-hydroxylation sites is 1. The van der Waals surface area contributed by atoms with E-state index < -0.39 is 6.04 Å². The molecule has 1 amide bonds. The monoisotopic (exact) mass is 661 g/mol. The Kier molecular flexibility index (Phi) is 9.17. The minimum atomic E-state index is -0.694. The maximum atomic E-state index is 14.1. The van der Waals surface area contributed by atoms with Gasteiger partial charge in [0.2, 0.25) is 0 Å². The van der Waals surface area contributed by atoms with Crippen molar-refractivity contribution in [3.05, 3.63) is 113 Å². The maximum absolute atomic E-state index is 14.1. The van der Waals surface area contributed by atoms with Crippen LogP contribution < -0.4 is 34.4 Å². The van der Waals surface area contributed by atoms with Crippen LogP contribution in [-0.2, 0) is 4.79 Å². The number of allylic oxidation sites excluding steroid dienone is 1. The molecule has 43 heavy (non-hydrogen) atoms. The molecule has 1 N–H and O–H groups in total. The number of rotatable bonds is 9. The van der Waals surface area contributed by atoms with Crippen molar-refractivity contribution >= 4 is 44.9 Å². The zero-order chi connectivity index (χ0) is 30.7. The van der Waals surface area contributed by atoms with Crippen LogP contribution in [0.2, 0.25) is 0 Å². The van der Waals surface area contributed by atoms with Gasteiger partial charge in [0, 0.05) is 5.69 Å². The summed E-state index contributed by atoms with van der Waals surface area (Å²) in [5.74, 6) is 1.52. The number of hydrogen-bond donors (Lipinski definition) is 1. The van der Waals surface area contributed by atoms with E-state index in [0.717, 1.165) is 11.1 Å². The van der Waals surface area contributed by atoms with Gasteiger partial charge in [0.1, 0.15) is 5.75 Å². The zero-order valence-electron chi connectivity index (χ0n) is 24.5. The Bertz CT molecular complexity index is 1860. The van der Waals surface area contributed by atoms with E-state index in [1.54, 1.807) is 24.7 Å². The van der Waals surface area contributed by atoms with Crippen molar-refractivity contribution in [3.63, 3.8) is 0 Å². The summed E-state index contributed by atoms with van der Waals surface area (Å²) < 4.78 is 19.9. The van der Waals surface area contributed by atoms with Crippen molar-refractivity contribution < 1.29 is 19.0 Å². The average Bonchev–Trinajstić information content (AvgIpc) is 3.28. The van der Waals surface area contributed by atoms with E-state index in [9.17, 15) is 9.59 Å². The number of carbonyl (C=O) groups excluding carboxylic acids is 1. The number of carbonyl (C=O) groups is 1. The third-order valence-electron chi connectivity index (χ3n) is 6.71. The van der Waals surface area contributed by atoms with Crippen LogP contribution in [0.4, 0.5) is 5.69 Å². The zero-order valence-corrected chi connectivity index (χ0v) is 26.9. The number of amides is 1. The molecule has 1 aliphatic heterocycles. The SMILES string of the molecule is CCOc1ccc([C@@H]2C(C(=O)Nc3ccccc3)=C(C)N=c3s/c(=C\c4cc(Br)c(OC(C)C)c(OC)c4)c(=O)n32)cc1. The van der Waals surface area contributed by atoms with E-state index in [4.69, 9.17) is 19.2 Å². The summed E-state index contributed by atoms with van der Waals surface area (Å²) in [7, 11) is 1.58. The van der Waals surface area contributed by atoms with Gasteiger partial charge in [-0.1, -0.05) is 41.7 Å². The van der Waals surface area contributed by atoms with E-state index in [1.807, 2.05) is 87.5 Å². The van der Waals surface area contributed by atoms with Crippen LogP contribution in [0.5, 0.6) is 17.2 Å². The molecule has 10 heteroatoms. The van der Waals surface area contributed by atoms with Crippen LogP contribution in [0.15, 0.2) is 92.3 Å². The smallest absolute Gasteiger partial charge is 0.271 e. The van der Waals surface area contributed by atoms with E-state index in [2.05, 4.69) is 21.2 Å².